The average Bonchev–Trinajstić information content (AvgIpc) is 2.43. The van der Waals surface area contributed by atoms with Crippen LogP contribution in [0.25, 0.3) is 21.8 Å². The maximum absolute atomic E-state index is 5.11. The van der Waals surface area contributed by atoms with Crippen molar-refractivity contribution in [3.8, 4) is 0 Å². The highest BCUT2D eigenvalue weighted by molar-refractivity contribution is 6.06. The van der Waals surface area contributed by atoms with Crippen LogP contribution in [0.5, 0.6) is 0 Å². The Morgan fingerprint density at radius 1 is 0.889 bits per heavy atom. The van der Waals surface area contributed by atoms with Crippen LogP contribution in [-0.4, -0.2) is 4.98 Å². The molecule has 0 fully saturated rings. The molecular formula is C13H12N4O. The van der Waals surface area contributed by atoms with Gasteiger partial charge in [0.05, 0.1) is 16.7 Å². The molecule has 1 heterocycles. The number of hydrogen-bond acceptors (Lipinski definition) is 5. The van der Waals surface area contributed by atoms with Gasteiger partial charge in [0, 0.05) is 10.8 Å². The van der Waals surface area contributed by atoms with E-state index < -0.39 is 0 Å². The molecule has 0 atom stereocenters. The lowest BCUT2D eigenvalue weighted by molar-refractivity contribution is 0.0900. The second kappa shape index (κ2) is 4.58. The highest BCUT2D eigenvalue weighted by Gasteiger charge is 2.07. The summed E-state index contributed by atoms with van der Waals surface area (Å²) >= 11 is 0. The zero-order chi connectivity index (χ0) is 12.4. The average molecular weight is 240 g/mol. The van der Waals surface area contributed by atoms with Crippen LogP contribution in [0.1, 0.15) is 0 Å². The lowest BCUT2D eigenvalue weighted by Gasteiger charge is -2.11. The van der Waals surface area contributed by atoms with Gasteiger partial charge in [-0.2, -0.15) is 4.94 Å². The van der Waals surface area contributed by atoms with Gasteiger partial charge in [0.2, 0.25) is 0 Å². The second-order valence-corrected chi connectivity index (χ2v) is 3.84. The molecule has 0 aliphatic heterocycles. The third-order valence-corrected chi connectivity index (χ3v) is 2.80. The molecule has 0 saturated heterocycles. The molecule has 18 heavy (non-hydrogen) atoms. The van der Waals surface area contributed by atoms with Crippen molar-refractivity contribution in [1.82, 2.24) is 10.6 Å². The van der Waals surface area contributed by atoms with Crippen LogP contribution in [0.2, 0.25) is 0 Å². The standard InChI is InChI=1S/C13H12N4O/c14-17-18-16-13-9-5-1-3-7-11(9)15-12-8-4-2-6-10(12)13/h1-8,17H,14H2,(H,15,16). The molecule has 0 aliphatic carbocycles. The van der Waals surface area contributed by atoms with Crippen molar-refractivity contribution in [2.75, 3.05) is 5.48 Å². The fraction of sp³-hybridized carbons (Fsp3) is 0. The van der Waals surface area contributed by atoms with Gasteiger partial charge in [-0.05, 0) is 12.1 Å². The summed E-state index contributed by atoms with van der Waals surface area (Å²) in [6.07, 6.45) is 0. The third kappa shape index (κ3) is 1.76. The van der Waals surface area contributed by atoms with Gasteiger partial charge in [-0.1, -0.05) is 36.4 Å². The molecular weight excluding hydrogens is 228 g/mol. The van der Waals surface area contributed by atoms with Crippen molar-refractivity contribution in [2.24, 2.45) is 5.84 Å². The largest absolute Gasteiger partial charge is 0.248 e. The van der Waals surface area contributed by atoms with E-state index in [1.807, 2.05) is 48.5 Å². The molecule has 90 valence electrons. The van der Waals surface area contributed by atoms with E-state index in [4.69, 9.17) is 10.8 Å². The number of benzene rings is 2. The van der Waals surface area contributed by atoms with Crippen LogP contribution in [0.15, 0.2) is 48.5 Å². The molecule has 5 heteroatoms. The highest BCUT2D eigenvalue weighted by Crippen LogP contribution is 2.30. The summed E-state index contributed by atoms with van der Waals surface area (Å²) in [5, 5.41) is 1.96. The van der Waals surface area contributed by atoms with Crippen LogP contribution in [0.4, 0.5) is 5.69 Å². The monoisotopic (exact) mass is 240 g/mol. The van der Waals surface area contributed by atoms with Crippen LogP contribution < -0.4 is 16.9 Å². The van der Waals surface area contributed by atoms with E-state index in [2.05, 4.69) is 16.1 Å². The Balaban J connectivity index is 2.34. The Kier molecular flexibility index (Phi) is 2.77. The van der Waals surface area contributed by atoms with Gasteiger partial charge in [0.15, 0.2) is 0 Å². The number of pyridine rings is 1. The minimum atomic E-state index is 0.842. The van der Waals surface area contributed by atoms with Crippen molar-refractivity contribution in [2.45, 2.75) is 0 Å². The van der Waals surface area contributed by atoms with Crippen molar-refractivity contribution < 1.29 is 4.94 Å². The van der Waals surface area contributed by atoms with E-state index in [-0.39, 0.29) is 0 Å². The van der Waals surface area contributed by atoms with Gasteiger partial charge in [-0.15, -0.1) is 5.59 Å². The zero-order valence-corrected chi connectivity index (χ0v) is 9.55. The van der Waals surface area contributed by atoms with Crippen LogP contribution in [-0.2, 0) is 4.94 Å². The molecule has 2 aromatic carbocycles. The Morgan fingerprint density at radius 3 is 2.00 bits per heavy atom. The fourth-order valence-electron chi connectivity index (χ4n) is 2.03. The first-order valence-electron chi connectivity index (χ1n) is 5.55. The first-order chi connectivity index (χ1) is 8.90. The molecule has 0 unspecified atom stereocenters. The van der Waals surface area contributed by atoms with E-state index in [0.717, 1.165) is 27.5 Å². The number of hydrogen-bond donors (Lipinski definition) is 3. The van der Waals surface area contributed by atoms with Gasteiger partial charge < -0.3 is 0 Å². The van der Waals surface area contributed by atoms with E-state index in [1.54, 1.807) is 0 Å². The second-order valence-electron chi connectivity index (χ2n) is 3.84. The number of nitrogens with two attached hydrogens (primary N) is 1. The van der Waals surface area contributed by atoms with Gasteiger partial charge >= 0.3 is 0 Å². The molecule has 3 rings (SSSR count). The molecule has 4 N–H and O–H groups in total. The number of fused-ring (bicyclic) bond motifs is 2. The first kappa shape index (κ1) is 10.9. The normalized spacial score (nSPS) is 10.9. The number of para-hydroxylation sites is 2. The first-order valence-corrected chi connectivity index (χ1v) is 5.55. The topological polar surface area (TPSA) is 72.2 Å². The third-order valence-electron chi connectivity index (χ3n) is 2.80. The summed E-state index contributed by atoms with van der Waals surface area (Å²) < 4.78 is 0. The van der Waals surface area contributed by atoms with Crippen molar-refractivity contribution in [1.29, 1.82) is 0 Å². The van der Waals surface area contributed by atoms with Gasteiger partial charge in [0.1, 0.15) is 0 Å². The van der Waals surface area contributed by atoms with Crippen LogP contribution in [0, 0.1) is 0 Å². The molecule has 0 bridgehead atoms. The van der Waals surface area contributed by atoms with Crippen molar-refractivity contribution in [3.05, 3.63) is 48.5 Å². The molecule has 0 spiro atoms. The van der Waals surface area contributed by atoms with Gasteiger partial charge in [0.25, 0.3) is 0 Å². The summed E-state index contributed by atoms with van der Waals surface area (Å²) in [6.45, 7) is 0. The van der Waals surface area contributed by atoms with Crippen molar-refractivity contribution >= 4 is 27.5 Å². The Hall–Kier alpha value is -2.21. The number of nitrogens with one attached hydrogen (secondary N) is 2. The number of anilines is 1. The predicted octanol–water partition coefficient (Wildman–Crippen LogP) is 2.11. The summed E-state index contributed by atoms with van der Waals surface area (Å²) in [5.41, 5.74) is 7.56. The molecule has 0 saturated carbocycles. The minimum Gasteiger partial charge on any atom is -0.248 e. The minimum absolute atomic E-state index is 0.842. The molecule has 3 aromatic rings. The number of hydrazine groups is 1. The molecule has 0 aliphatic rings. The van der Waals surface area contributed by atoms with Crippen LogP contribution >= 0.6 is 0 Å². The SMILES string of the molecule is NNONc1c2ccccc2nc2ccccc12. The summed E-state index contributed by atoms with van der Waals surface area (Å²) in [5.74, 6) is 5.11. The molecule has 0 amide bonds. The van der Waals surface area contributed by atoms with E-state index in [9.17, 15) is 0 Å². The lowest BCUT2D eigenvalue weighted by atomic mass is 10.1. The Labute approximate surface area is 103 Å². The maximum Gasteiger partial charge on any atom is 0.0812 e. The van der Waals surface area contributed by atoms with E-state index >= 15 is 0 Å². The predicted molar refractivity (Wildman–Crippen MR) is 71.3 cm³/mol. The summed E-state index contributed by atoms with van der Waals surface area (Å²) in [4.78, 5) is 9.48. The molecule has 0 radical (unpaired) electrons. The Morgan fingerprint density at radius 2 is 1.44 bits per heavy atom. The quantitative estimate of drug-likeness (QED) is 0.371. The highest BCUT2D eigenvalue weighted by atomic mass is 16.8. The van der Waals surface area contributed by atoms with Gasteiger partial charge in [-0.25, -0.2) is 16.3 Å². The number of rotatable bonds is 3. The Bertz CT molecular complexity index is 645. The lowest BCUT2D eigenvalue weighted by Crippen LogP contribution is -2.25. The molecule has 5 nitrogen and oxygen atoms in total. The molecule has 1 aromatic heterocycles. The fourth-order valence-corrected chi connectivity index (χ4v) is 2.03. The smallest absolute Gasteiger partial charge is 0.0812 e. The summed E-state index contributed by atoms with van der Waals surface area (Å²) in [7, 11) is 0. The summed E-state index contributed by atoms with van der Waals surface area (Å²) in [6, 6.07) is 15.7. The zero-order valence-electron chi connectivity index (χ0n) is 9.55. The van der Waals surface area contributed by atoms with Gasteiger partial charge in [-0.3, -0.25) is 0 Å². The van der Waals surface area contributed by atoms with Crippen molar-refractivity contribution in [3.63, 3.8) is 0 Å². The number of aromatic nitrogens is 1. The van der Waals surface area contributed by atoms with Crippen LogP contribution in [0.3, 0.4) is 0 Å². The maximum atomic E-state index is 5.11. The van der Waals surface area contributed by atoms with E-state index in [0.29, 0.717) is 0 Å². The number of nitrogens with zero attached hydrogens (tertiary/aromatic N) is 1. The van der Waals surface area contributed by atoms with E-state index in [1.165, 1.54) is 0 Å².